The van der Waals surface area contributed by atoms with Crippen LogP contribution in [0.4, 0.5) is 5.69 Å². The van der Waals surface area contributed by atoms with E-state index in [0.717, 1.165) is 22.6 Å². The summed E-state index contributed by atoms with van der Waals surface area (Å²) in [6.07, 6.45) is 0.749. The molecule has 0 aromatic heterocycles. The van der Waals surface area contributed by atoms with Crippen molar-refractivity contribution in [3.8, 4) is 5.75 Å². The summed E-state index contributed by atoms with van der Waals surface area (Å²) in [5.41, 5.74) is 2.34. The zero-order valence-electron chi connectivity index (χ0n) is 12.9. The molecule has 0 radical (unpaired) electrons. The van der Waals surface area contributed by atoms with Crippen LogP contribution in [0.2, 0.25) is 0 Å². The van der Waals surface area contributed by atoms with Gasteiger partial charge in [0.1, 0.15) is 12.4 Å². The van der Waals surface area contributed by atoms with Crippen LogP contribution in [0.15, 0.2) is 47.4 Å². The standard InChI is InChI=1S/C18H16N2O3S/c21-17-10-24-16-6-5-12(8-14(16)20-17)18(22)19-13-7-11-3-1-2-4-15(11)23-9-13/h1-6,8,13H,7,9-10H2,(H,19,22)(H,20,21)/t13-/m0/s1. The van der Waals surface area contributed by atoms with E-state index in [0.29, 0.717) is 23.6 Å². The maximum atomic E-state index is 12.5. The normalized spacial score (nSPS) is 18.7. The Hall–Kier alpha value is -2.47. The van der Waals surface area contributed by atoms with Crippen molar-refractivity contribution >= 4 is 29.3 Å². The number of hydrogen-bond donors (Lipinski definition) is 2. The van der Waals surface area contributed by atoms with Crippen LogP contribution in [0.5, 0.6) is 5.75 Å². The first-order valence-electron chi connectivity index (χ1n) is 7.77. The maximum absolute atomic E-state index is 12.5. The largest absolute Gasteiger partial charge is 0.491 e. The van der Waals surface area contributed by atoms with Gasteiger partial charge in [-0.1, -0.05) is 18.2 Å². The number of thioether (sulfide) groups is 1. The van der Waals surface area contributed by atoms with Crippen LogP contribution in [0.25, 0.3) is 0 Å². The third-order valence-corrected chi connectivity index (χ3v) is 5.16. The third-order valence-electron chi connectivity index (χ3n) is 4.09. The van der Waals surface area contributed by atoms with E-state index in [9.17, 15) is 9.59 Å². The fourth-order valence-electron chi connectivity index (χ4n) is 2.91. The highest BCUT2D eigenvalue weighted by molar-refractivity contribution is 8.00. The fraction of sp³-hybridized carbons (Fsp3) is 0.222. The summed E-state index contributed by atoms with van der Waals surface area (Å²) in [5, 5.41) is 5.82. The van der Waals surface area contributed by atoms with E-state index in [2.05, 4.69) is 10.6 Å². The van der Waals surface area contributed by atoms with Crippen molar-refractivity contribution < 1.29 is 14.3 Å². The molecule has 0 spiro atoms. The van der Waals surface area contributed by atoms with Crippen LogP contribution in [0.1, 0.15) is 15.9 Å². The lowest BCUT2D eigenvalue weighted by molar-refractivity contribution is -0.113. The molecule has 2 aromatic carbocycles. The number of nitrogens with one attached hydrogen (secondary N) is 2. The summed E-state index contributed by atoms with van der Waals surface area (Å²) in [7, 11) is 0. The molecular formula is C18H16N2O3S. The van der Waals surface area contributed by atoms with E-state index in [1.165, 1.54) is 11.8 Å². The zero-order valence-corrected chi connectivity index (χ0v) is 13.7. The fourth-order valence-corrected chi connectivity index (χ4v) is 3.70. The van der Waals surface area contributed by atoms with Crippen molar-refractivity contribution in [3.63, 3.8) is 0 Å². The van der Waals surface area contributed by atoms with E-state index < -0.39 is 0 Å². The van der Waals surface area contributed by atoms with E-state index in [-0.39, 0.29) is 17.9 Å². The van der Waals surface area contributed by atoms with Gasteiger partial charge in [0, 0.05) is 10.5 Å². The molecule has 4 rings (SSSR count). The number of carbonyl (C=O) groups is 2. The molecule has 0 saturated heterocycles. The highest BCUT2D eigenvalue weighted by Gasteiger charge is 2.23. The predicted molar refractivity (Wildman–Crippen MR) is 92.7 cm³/mol. The molecule has 0 fully saturated rings. The predicted octanol–water partition coefficient (Wildman–Crippen LogP) is 2.46. The number of fused-ring (bicyclic) bond motifs is 2. The summed E-state index contributed by atoms with van der Waals surface area (Å²) in [6, 6.07) is 13.2. The minimum absolute atomic E-state index is 0.0395. The number of hydrogen-bond acceptors (Lipinski definition) is 4. The van der Waals surface area contributed by atoms with Gasteiger partial charge in [0.15, 0.2) is 0 Å². The maximum Gasteiger partial charge on any atom is 0.251 e. The van der Waals surface area contributed by atoms with Crippen molar-refractivity contribution in [2.75, 3.05) is 17.7 Å². The summed E-state index contributed by atoms with van der Waals surface area (Å²) in [5.74, 6) is 1.10. The molecule has 2 aliphatic rings. The van der Waals surface area contributed by atoms with Crippen LogP contribution < -0.4 is 15.4 Å². The molecule has 1 atom stereocenters. The molecule has 24 heavy (non-hydrogen) atoms. The van der Waals surface area contributed by atoms with Gasteiger partial charge in [-0.2, -0.15) is 0 Å². The van der Waals surface area contributed by atoms with Crippen molar-refractivity contribution in [3.05, 3.63) is 53.6 Å². The first-order valence-corrected chi connectivity index (χ1v) is 8.76. The summed E-state index contributed by atoms with van der Waals surface area (Å²) in [6.45, 7) is 0.459. The molecule has 2 aromatic rings. The lowest BCUT2D eigenvalue weighted by atomic mass is 10.0. The zero-order chi connectivity index (χ0) is 16.5. The molecular weight excluding hydrogens is 324 g/mol. The molecule has 0 saturated carbocycles. The Morgan fingerprint density at radius 3 is 3.04 bits per heavy atom. The van der Waals surface area contributed by atoms with Gasteiger partial charge in [-0.05, 0) is 36.2 Å². The van der Waals surface area contributed by atoms with Crippen molar-refractivity contribution in [1.82, 2.24) is 5.32 Å². The minimum Gasteiger partial charge on any atom is -0.491 e. The van der Waals surface area contributed by atoms with Crippen LogP contribution in [-0.4, -0.2) is 30.2 Å². The molecule has 6 heteroatoms. The minimum atomic E-state index is -0.157. The Balaban J connectivity index is 1.47. The number of amides is 2. The number of carbonyl (C=O) groups excluding carboxylic acids is 2. The average Bonchev–Trinajstić information content (AvgIpc) is 2.61. The average molecular weight is 340 g/mol. The van der Waals surface area contributed by atoms with Gasteiger partial charge in [-0.3, -0.25) is 9.59 Å². The Morgan fingerprint density at radius 2 is 2.12 bits per heavy atom. The van der Waals surface area contributed by atoms with Gasteiger partial charge in [-0.15, -0.1) is 11.8 Å². The SMILES string of the molecule is O=C1CSc2ccc(C(=O)N[C@@H]3COc4ccccc4C3)cc2N1. The lowest BCUT2D eigenvalue weighted by Gasteiger charge is -2.26. The Bertz CT molecular complexity index is 822. The number of para-hydroxylation sites is 1. The molecule has 0 unspecified atom stereocenters. The van der Waals surface area contributed by atoms with Crippen molar-refractivity contribution in [1.29, 1.82) is 0 Å². The highest BCUT2D eigenvalue weighted by Crippen LogP contribution is 2.32. The first-order chi connectivity index (χ1) is 11.7. The molecule has 122 valence electrons. The van der Waals surface area contributed by atoms with Gasteiger partial charge >= 0.3 is 0 Å². The molecule has 2 heterocycles. The van der Waals surface area contributed by atoms with Gasteiger partial charge < -0.3 is 15.4 Å². The second-order valence-corrected chi connectivity index (χ2v) is 6.86. The smallest absolute Gasteiger partial charge is 0.251 e. The number of benzene rings is 2. The van der Waals surface area contributed by atoms with E-state index >= 15 is 0 Å². The first kappa shape index (κ1) is 15.1. The Morgan fingerprint density at radius 1 is 1.25 bits per heavy atom. The molecule has 0 aliphatic carbocycles. The molecule has 2 amide bonds. The molecule has 5 nitrogen and oxygen atoms in total. The molecule has 2 aliphatic heterocycles. The van der Waals surface area contributed by atoms with Crippen LogP contribution in [0, 0.1) is 0 Å². The summed E-state index contributed by atoms with van der Waals surface area (Å²) in [4.78, 5) is 25.0. The quantitative estimate of drug-likeness (QED) is 0.881. The number of ether oxygens (including phenoxy) is 1. The van der Waals surface area contributed by atoms with E-state index in [1.54, 1.807) is 12.1 Å². The van der Waals surface area contributed by atoms with E-state index in [4.69, 9.17) is 4.74 Å². The Kier molecular flexibility index (Phi) is 3.90. The molecule has 2 N–H and O–H groups in total. The van der Waals surface area contributed by atoms with Gasteiger partial charge in [0.2, 0.25) is 5.91 Å². The second-order valence-electron chi connectivity index (χ2n) is 5.84. The van der Waals surface area contributed by atoms with Gasteiger partial charge in [-0.25, -0.2) is 0 Å². The molecule has 0 bridgehead atoms. The van der Waals surface area contributed by atoms with Gasteiger partial charge in [0.25, 0.3) is 5.91 Å². The van der Waals surface area contributed by atoms with Crippen LogP contribution in [-0.2, 0) is 11.2 Å². The summed E-state index contributed by atoms with van der Waals surface area (Å²) < 4.78 is 5.70. The number of anilines is 1. The monoisotopic (exact) mass is 340 g/mol. The van der Waals surface area contributed by atoms with Gasteiger partial charge in [0.05, 0.1) is 17.5 Å². The van der Waals surface area contributed by atoms with Crippen molar-refractivity contribution in [2.45, 2.75) is 17.4 Å². The topological polar surface area (TPSA) is 67.4 Å². The van der Waals surface area contributed by atoms with E-state index in [1.807, 2.05) is 30.3 Å². The number of rotatable bonds is 2. The lowest BCUT2D eigenvalue weighted by Crippen LogP contribution is -2.42. The Labute approximate surface area is 143 Å². The van der Waals surface area contributed by atoms with Crippen LogP contribution in [0.3, 0.4) is 0 Å². The third kappa shape index (κ3) is 2.97. The second kappa shape index (κ2) is 6.20. The van der Waals surface area contributed by atoms with Crippen LogP contribution >= 0.6 is 11.8 Å². The summed E-state index contributed by atoms with van der Waals surface area (Å²) >= 11 is 1.48. The highest BCUT2D eigenvalue weighted by atomic mass is 32.2. The van der Waals surface area contributed by atoms with Crippen molar-refractivity contribution in [2.24, 2.45) is 0 Å².